The van der Waals surface area contributed by atoms with Crippen molar-refractivity contribution in [2.24, 2.45) is 0 Å². The maximum absolute atomic E-state index is 3.72. The van der Waals surface area contributed by atoms with E-state index in [1.54, 1.807) is 0 Å². The first-order valence-electron chi connectivity index (χ1n) is 8.30. The molecule has 0 aromatic heterocycles. The molecule has 3 heteroatoms. The standard InChI is InChI=1S/C18H28N2S/c1-15-12-19-17(16-8-4-3-5-9-16)13-20(15)14-18(21-2)10-6-7-11-18/h3-5,8-9,15,17,19H,6-7,10-14H2,1-2H3. The first-order chi connectivity index (χ1) is 10.2. The van der Waals surface area contributed by atoms with E-state index in [1.807, 2.05) is 0 Å². The Balaban J connectivity index is 1.69. The Morgan fingerprint density at radius 2 is 1.95 bits per heavy atom. The van der Waals surface area contributed by atoms with Crippen LogP contribution in [0.5, 0.6) is 0 Å². The van der Waals surface area contributed by atoms with Crippen LogP contribution in [-0.2, 0) is 0 Å². The second kappa shape index (κ2) is 6.72. The van der Waals surface area contributed by atoms with Crippen LogP contribution in [0.1, 0.15) is 44.2 Å². The molecule has 2 unspecified atom stereocenters. The molecule has 2 nitrogen and oxygen atoms in total. The Morgan fingerprint density at radius 3 is 2.62 bits per heavy atom. The van der Waals surface area contributed by atoms with Gasteiger partial charge in [-0.1, -0.05) is 43.2 Å². The molecule has 0 bridgehead atoms. The van der Waals surface area contributed by atoms with Crippen LogP contribution in [-0.4, -0.2) is 41.6 Å². The van der Waals surface area contributed by atoms with Crippen LogP contribution in [0.3, 0.4) is 0 Å². The van der Waals surface area contributed by atoms with Crippen LogP contribution in [0.15, 0.2) is 30.3 Å². The van der Waals surface area contributed by atoms with Gasteiger partial charge < -0.3 is 5.32 Å². The summed E-state index contributed by atoms with van der Waals surface area (Å²) in [6, 6.07) is 12.1. The van der Waals surface area contributed by atoms with Gasteiger partial charge in [0.05, 0.1) is 0 Å². The second-order valence-electron chi connectivity index (χ2n) is 6.74. The van der Waals surface area contributed by atoms with Crippen molar-refractivity contribution >= 4 is 11.8 Å². The number of hydrogen-bond acceptors (Lipinski definition) is 3. The van der Waals surface area contributed by atoms with Gasteiger partial charge in [0.15, 0.2) is 0 Å². The van der Waals surface area contributed by atoms with E-state index in [2.05, 4.69) is 65.5 Å². The van der Waals surface area contributed by atoms with Gasteiger partial charge in [-0.15, -0.1) is 0 Å². The molecule has 0 spiro atoms. The Morgan fingerprint density at radius 1 is 1.24 bits per heavy atom. The van der Waals surface area contributed by atoms with Crippen molar-refractivity contribution in [1.29, 1.82) is 0 Å². The molecular weight excluding hydrogens is 276 g/mol. The van der Waals surface area contributed by atoms with E-state index in [9.17, 15) is 0 Å². The summed E-state index contributed by atoms with van der Waals surface area (Å²) in [5.74, 6) is 0. The molecule has 2 fully saturated rings. The first kappa shape index (κ1) is 15.4. The number of piperazine rings is 1. The summed E-state index contributed by atoms with van der Waals surface area (Å²) in [5.41, 5.74) is 1.43. The lowest BCUT2D eigenvalue weighted by Gasteiger charge is -2.43. The van der Waals surface area contributed by atoms with E-state index in [0.29, 0.717) is 16.8 Å². The fourth-order valence-corrected chi connectivity index (χ4v) is 4.86. The monoisotopic (exact) mass is 304 g/mol. The van der Waals surface area contributed by atoms with Crippen LogP contribution >= 0.6 is 11.8 Å². The van der Waals surface area contributed by atoms with E-state index < -0.39 is 0 Å². The van der Waals surface area contributed by atoms with Crippen molar-refractivity contribution in [3.05, 3.63) is 35.9 Å². The van der Waals surface area contributed by atoms with Crippen LogP contribution in [0.25, 0.3) is 0 Å². The number of nitrogens with one attached hydrogen (secondary N) is 1. The van der Waals surface area contributed by atoms with Gasteiger partial charge in [-0.2, -0.15) is 11.8 Å². The van der Waals surface area contributed by atoms with Crippen LogP contribution in [0.4, 0.5) is 0 Å². The Hall–Kier alpha value is -0.510. The summed E-state index contributed by atoms with van der Waals surface area (Å²) in [7, 11) is 0. The Bertz CT molecular complexity index is 442. The molecule has 2 atom stereocenters. The van der Waals surface area contributed by atoms with Crippen molar-refractivity contribution in [3.8, 4) is 0 Å². The predicted octanol–water partition coefficient (Wildman–Crippen LogP) is 3.70. The van der Waals surface area contributed by atoms with Gasteiger partial charge >= 0.3 is 0 Å². The molecule has 1 saturated carbocycles. The number of thioether (sulfide) groups is 1. The highest BCUT2D eigenvalue weighted by molar-refractivity contribution is 8.00. The van der Waals surface area contributed by atoms with Gasteiger partial charge in [0.1, 0.15) is 0 Å². The quantitative estimate of drug-likeness (QED) is 0.913. The summed E-state index contributed by atoms with van der Waals surface area (Å²) in [6.07, 6.45) is 7.96. The van der Waals surface area contributed by atoms with Crippen molar-refractivity contribution in [2.45, 2.75) is 49.4 Å². The van der Waals surface area contributed by atoms with E-state index in [0.717, 1.165) is 13.1 Å². The molecule has 1 aromatic carbocycles. The lowest BCUT2D eigenvalue weighted by molar-refractivity contribution is 0.128. The SMILES string of the molecule is CSC1(CN2CC(c3ccccc3)NCC2C)CCCC1. The third-order valence-corrected chi connectivity index (χ3v) is 6.74. The Labute approximate surface area is 133 Å². The average Bonchev–Trinajstić information content (AvgIpc) is 2.99. The van der Waals surface area contributed by atoms with Crippen LogP contribution in [0.2, 0.25) is 0 Å². The lowest BCUT2D eigenvalue weighted by Crippen LogP contribution is -2.54. The normalized spacial score (nSPS) is 29.6. The lowest BCUT2D eigenvalue weighted by atomic mass is 9.99. The van der Waals surface area contributed by atoms with Crippen molar-refractivity contribution in [2.75, 3.05) is 25.9 Å². The van der Waals surface area contributed by atoms with E-state index >= 15 is 0 Å². The van der Waals surface area contributed by atoms with E-state index in [4.69, 9.17) is 0 Å². The van der Waals surface area contributed by atoms with Crippen LogP contribution < -0.4 is 5.32 Å². The minimum Gasteiger partial charge on any atom is -0.307 e. The topological polar surface area (TPSA) is 15.3 Å². The van der Waals surface area contributed by atoms with Gasteiger partial charge in [-0.05, 0) is 31.6 Å². The number of nitrogens with zero attached hydrogens (tertiary/aromatic N) is 1. The molecular formula is C18H28N2S. The number of benzene rings is 1. The molecule has 21 heavy (non-hydrogen) atoms. The van der Waals surface area contributed by atoms with Crippen molar-refractivity contribution in [1.82, 2.24) is 10.2 Å². The molecule has 0 radical (unpaired) electrons. The molecule has 0 amide bonds. The second-order valence-corrected chi connectivity index (χ2v) is 8.02. The average molecular weight is 305 g/mol. The summed E-state index contributed by atoms with van der Waals surface area (Å²) < 4.78 is 0.521. The molecule has 1 aromatic rings. The zero-order chi connectivity index (χ0) is 14.7. The van der Waals surface area contributed by atoms with Gasteiger partial charge in [-0.25, -0.2) is 0 Å². The fourth-order valence-electron chi connectivity index (χ4n) is 3.87. The Kier molecular flexibility index (Phi) is 4.92. The van der Waals surface area contributed by atoms with Gasteiger partial charge in [0.25, 0.3) is 0 Å². The molecule has 116 valence electrons. The maximum atomic E-state index is 3.72. The minimum absolute atomic E-state index is 0.489. The molecule has 1 aliphatic heterocycles. The number of rotatable bonds is 4. The molecule has 1 aliphatic carbocycles. The largest absolute Gasteiger partial charge is 0.307 e. The highest BCUT2D eigenvalue weighted by atomic mass is 32.2. The zero-order valence-corrected chi connectivity index (χ0v) is 14.2. The third-order valence-electron chi connectivity index (χ3n) is 5.34. The molecule has 3 rings (SSSR count). The van der Waals surface area contributed by atoms with E-state index in [-0.39, 0.29) is 0 Å². The molecule has 1 heterocycles. The number of hydrogen-bond donors (Lipinski definition) is 1. The zero-order valence-electron chi connectivity index (χ0n) is 13.3. The summed E-state index contributed by atoms with van der Waals surface area (Å²) in [5, 5.41) is 3.72. The van der Waals surface area contributed by atoms with Gasteiger partial charge in [-0.3, -0.25) is 4.90 Å². The smallest absolute Gasteiger partial charge is 0.0449 e. The molecule has 1 saturated heterocycles. The highest BCUT2D eigenvalue weighted by Crippen LogP contribution is 2.41. The predicted molar refractivity (Wildman–Crippen MR) is 92.9 cm³/mol. The molecule has 2 aliphatic rings. The third kappa shape index (κ3) is 3.46. The summed E-state index contributed by atoms with van der Waals surface area (Å²) in [4.78, 5) is 2.73. The van der Waals surface area contributed by atoms with Crippen molar-refractivity contribution < 1.29 is 0 Å². The van der Waals surface area contributed by atoms with Crippen molar-refractivity contribution in [3.63, 3.8) is 0 Å². The van der Waals surface area contributed by atoms with Gasteiger partial charge in [0, 0.05) is 36.5 Å². The maximum Gasteiger partial charge on any atom is 0.0449 e. The minimum atomic E-state index is 0.489. The van der Waals surface area contributed by atoms with E-state index in [1.165, 1.54) is 37.8 Å². The van der Waals surface area contributed by atoms with Crippen LogP contribution in [0, 0.1) is 0 Å². The van der Waals surface area contributed by atoms with Gasteiger partial charge in [0.2, 0.25) is 0 Å². The summed E-state index contributed by atoms with van der Waals surface area (Å²) >= 11 is 2.11. The fraction of sp³-hybridized carbons (Fsp3) is 0.667. The molecule has 1 N–H and O–H groups in total. The highest BCUT2D eigenvalue weighted by Gasteiger charge is 2.37. The summed E-state index contributed by atoms with van der Waals surface area (Å²) in [6.45, 7) is 5.88. The first-order valence-corrected chi connectivity index (χ1v) is 9.52.